The minimum atomic E-state index is 0.0504. The van der Waals surface area contributed by atoms with Gasteiger partial charge >= 0.3 is 0 Å². The van der Waals surface area contributed by atoms with Gasteiger partial charge in [-0.3, -0.25) is 4.79 Å². The first kappa shape index (κ1) is 17.0. The lowest BCUT2D eigenvalue weighted by Gasteiger charge is -2.17. The standard InChI is InChI=1S/C16H24BrNO2/c1-16(2,3)12-15(19)18-10-4-5-11-20-14-8-6-13(17)7-9-14/h6-9H,4-5,10-12H2,1-3H3,(H,18,19). The Morgan fingerprint density at radius 1 is 1.20 bits per heavy atom. The van der Waals surface area contributed by atoms with E-state index in [1.807, 2.05) is 24.3 Å². The average Bonchev–Trinajstić information content (AvgIpc) is 2.33. The molecule has 0 spiro atoms. The number of unbranched alkanes of at least 4 members (excludes halogenated alkanes) is 1. The van der Waals surface area contributed by atoms with Gasteiger partial charge in [0.1, 0.15) is 5.75 Å². The predicted octanol–water partition coefficient (Wildman–Crippen LogP) is 4.16. The summed E-state index contributed by atoms with van der Waals surface area (Å²) in [5.74, 6) is 1.01. The first-order valence-corrected chi connectivity index (χ1v) is 7.81. The highest BCUT2D eigenvalue weighted by molar-refractivity contribution is 9.10. The van der Waals surface area contributed by atoms with E-state index in [0.29, 0.717) is 13.0 Å². The summed E-state index contributed by atoms with van der Waals surface area (Å²) < 4.78 is 6.66. The molecule has 1 N–H and O–H groups in total. The number of hydrogen-bond acceptors (Lipinski definition) is 2. The van der Waals surface area contributed by atoms with Gasteiger partial charge in [0, 0.05) is 17.4 Å². The van der Waals surface area contributed by atoms with Crippen LogP contribution in [0, 0.1) is 5.41 Å². The van der Waals surface area contributed by atoms with E-state index in [9.17, 15) is 4.79 Å². The number of nitrogens with one attached hydrogen (secondary N) is 1. The molecule has 0 bridgehead atoms. The smallest absolute Gasteiger partial charge is 0.220 e. The van der Waals surface area contributed by atoms with Crippen molar-refractivity contribution >= 4 is 21.8 Å². The van der Waals surface area contributed by atoms with Crippen LogP contribution in [0.2, 0.25) is 0 Å². The van der Waals surface area contributed by atoms with Crippen LogP contribution < -0.4 is 10.1 Å². The first-order chi connectivity index (χ1) is 9.37. The molecule has 1 aromatic carbocycles. The third-order valence-corrected chi connectivity index (χ3v) is 3.20. The quantitative estimate of drug-likeness (QED) is 0.756. The highest BCUT2D eigenvalue weighted by Gasteiger charge is 2.14. The van der Waals surface area contributed by atoms with E-state index >= 15 is 0 Å². The van der Waals surface area contributed by atoms with Crippen molar-refractivity contribution in [1.82, 2.24) is 5.32 Å². The number of rotatable bonds is 7. The fraction of sp³-hybridized carbons (Fsp3) is 0.562. The summed E-state index contributed by atoms with van der Waals surface area (Å²) in [6, 6.07) is 7.80. The summed E-state index contributed by atoms with van der Waals surface area (Å²) in [4.78, 5) is 11.6. The molecule has 20 heavy (non-hydrogen) atoms. The molecular formula is C16H24BrNO2. The highest BCUT2D eigenvalue weighted by Crippen LogP contribution is 2.18. The van der Waals surface area contributed by atoms with Gasteiger partial charge in [0.25, 0.3) is 0 Å². The van der Waals surface area contributed by atoms with E-state index in [1.54, 1.807) is 0 Å². The topological polar surface area (TPSA) is 38.3 Å². The maximum Gasteiger partial charge on any atom is 0.220 e. The number of halogens is 1. The van der Waals surface area contributed by atoms with Gasteiger partial charge in [-0.1, -0.05) is 36.7 Å². The number of ether oxygens (including phenoxy) is 1. The van der Waals surface area contributed by atoms with Gasteiger partial charge in [0.15, 0.2) is 0 Å². The van der Waals surface area contributed by atoms with E-state index < -0.39 is 0 Å². The lowest BCUT2D eigenvalue weighted by molar-refractivity contribution is -0.122. The molecule has 0 fully saturated rings. The molecule has 1 rings (SSSR count). The van der Waals surface area contributed by atoms with Crippen molar-refractivity contribution in [2.75, 3.05) is 13.2 Å². The summed E-state index contributed by atoms with van der Waals surface area (Å²) in [5, 5.41) is 2.94. The van der Waals surface area contributed by atoms with Crippen LogP contribution >= 0.6 is 15.9 Å². The number of benzene rings is 1. The Kier molecular flexibility index (Phi) is 7.06. The van der Waals surface area contributed by atoms with Gasteiger partial charge in [-0.15, -0.1) is 0 Å². The molecule has 0 saturated carbocycles. The molecule has 0 unspecified atom stereocenters. The fourth-order valence-corrected chi connectivity index (χ4v) is 1.98. The minimum Gasteiger partial charge on any atom is -0.494 e. The van der Waals surface area contributed by atoms with E-state index in [-0.39, 0.29) is 11.3 Å². The Hall–Kier alpha value is -1.03. The predicted molar refractivity (Wildman–Crippen MR) is 86.0 cm³/mol. The minimum absolute atomic E-state index is 0.0504. The van der Waals surface area contributed by atoms with Crippen molar-refractivity contribution in [3.8, 4) is 5.75 Å². The first-order valence-electron chi connectivity index (χ1n) is 7.02. The third-order valence-electron chi connectivity index (χ3n) is 2.67. The van der Waals surface area contributed by atoms with Crippen LogP contribution in [0.25, 0.3) is 0 Å². The van der Waals surface area contributed by atoms with Crippen LogP contribution in [0.5, 0.6) is 5.75 Å². The Morgan fingerprint density at radius 3 is 2.45 bits per heavy atom. The molecule has 3 nitrogen and oxygen atoms in total. The maximum absolute atomic E-state index is 11.6. The zero-order chi connectivity index (χ0) is 15.0. The molecule has 0 aliphatic carbocycles. The third kappa shape index (κ3) is 8.20. The Labute approximate surface area is 130 Å². The van der Waals surface area contributed by atoms with Crippen LogP contribution in [-0.2, 0) is 4.79 Å². The second kappa shape index (κ2) is 8.30. The lowest BCUT2D eigenvalue weighted by Crippen LogP contribution is -2.28. The van der Waals surface area contributed by atoms with Gasteiger partial charge in [-0.05, 0) is 42.5 Å². The molecule has 0 saturated heterocycles. The van der Waals surface area contributed by atoms with E-state index in [0.717, 1.165) is 29.6 Å². The summed E-state index contributed by atoms with van der Waals surface area (Å²) in [6.45, 7) is 7.60. The lowest BCUT2D eigenvalue weighted by atomic mass is 9.92. The van der Waals surface area contributed by atoms with Crippen LogP contribution in [0.4, 0.5) is 0 Å². The Morgan fingerprint density at radius 2 is 1.85 bits per heavy atom. The van der Waals surface area contributed by atoms with Crippen LogP contribution in [0.15, 0.2) is 28.7 Å². The van der Waals surface area contributed by atoms with Gasteiger partial charge in [0.2, 0.25) is 5.91 Å². The van der Waals surface area contributed by atoms with Crippen molar-refractivity contribution in [2.45, 2.75) is 40.0 Å². The van der Waals surface area contributed by atoms with E-state index in [2.05, 4.69) is 42.0 Å². The van der Waals surface area contributed by atoms with Crippen molar-refractivity contribution in [1.29, 1.82) is 0 Å². The average molecular weight is 342 g/mol. The summed E-state index contributed by atoms with van der Waals surface area (Å²) in [7, 11) is 0. The zero-order valence-corrected chi connectivity index (χ0v) is 14.1. The van der Waals surface area contributed by atoms with Crippen LogP contribution in [-0.4, -0.2) is 19.1 Å². The van der Waals surface area contributed by atoms with E-state index in [1.165, 1.54) is 0 Å². The van der Waals surface area contributed by atoms with Gasteiger partial charge in [-0.25, -0.2) is 0 Å². The van der Waals surface area contributed by atoms with E-state index in [4.69, 9.17) is 4.74 Å². The van der Waals surface area contributed by atoms with Crippen LogP contribution in [0.3, 0.4) is 0 Å². The molecule has 1 amide bonds. The molecule has 1 aromatic rings. The molecule has 0 atom stereocenters. The summed E-state index contributed by atoms with van der Waals surface area (Å²) in [5.41, 5.74) is 0.0504. The number of hydrogen-bond donors (Lipinski definition) is 1. The molecule has 0 aliphatic heterocycles. The Bertz CT molecular complexity index is 409. The number of carbonyl (C=O) groups excluding carboxylic acids is 1. The van der Waals surface area contributed by atoms with Gasteiger partial charge < -0.3 is 10.1 Å². The van der Waals surface area contributed by atoms with Crippen molar-refractivity contribution in [3.63, 3.8) is 0 Å². The molecular weight excluding hydrogens is 318 g/mol. The monoisotopic (exact) mass is 341 g/mol. The van der Waals surface area contributed by atoms with Crippen molar-refractivity contribution in [3.05, 3.63) is 28.7 Å². The largest absolute Gasteiger partial charge is 0.494 e. The van der Waals surface area contributed by atoms with Crippen molar-refractivity contribution < 1.29 is 9.53 Å². The van der Waals surface area contributed by atoms with Crippen LogP contribution in [0.1, 0.15) is 40.0 Å². The summed E-state index contributed by atoms with van der Waals surface area (Å²) >= 11 is 3.39. The fourth-order valence-electron chi connectivity index (χ4n) is 1.72. The maximum atomic E-state index is 11.6. The zero-order valence-electron chi connectivity index (χ0n) is 12.5. The SMILES string of the molecule is CC(C)(C)CC(=O)NCCCCOc1ccc(Br)cc1. The van der Waals surface area contributed by atoms with Gasteiger partial charge in [0.05, 0.1) is 6.61 Å². The summed E-state index contributed by atoms with van der Waals surface area (Å²) in [6.07, 6.45) is 2.45. The molecule has 4 heteroatoms. The Balaban J connectivity index is 2.05. The normalized spacial score (nSPS) is 11.2. The number of amides is 1. The second-order valence-corrected chi connectivity index (χ2v) is 7.01. The second-order valence-electron chi connectivity index (χ2n) is 6.10. The molecule has 0 aromatic heterocycles. The molecule has 0 radical (unpaired) electrons. The van der Waals surface area contributed by atoms with Gasteiger partial charge in [-0.2, -0.15) is 0 Å². The molecule has 0 aliphatic rings. The number of carbonyl (C=O) groups is 1. The molecule has 0 heterocycles. The molecule has 112 valence electrons. The van der Waals surface area contributed by atoms with Crippen molar-refractivity contribution in [2.24, 2.45) is 5.41 Å². The highest BCUT2D eigenvalue weighted by atomic mass is 79.9.